The van der Waals surface area contributed by atoms with E-state index in [1.54, 1.807) is 12.1 Å². The van der Waals surface area contributed by atoms with E-state index < -0.39 is 22.5 Å². The molecule has 0 aliphatic heterocycles. The third kappa shape index (κ3) is 6.53. The minimum Gasteiger partial charge on any atom is -0.425 e. The van der Waals surface area contributed by atoms with Crippen LogP contribution in [0.2, 0.25) is 0 Å². The first kappa shape index (κ1) is 15.1. The van der Waals surface area contributed by atoms with Crippen molar-refractivity contribution < 1.29 is 22.7 Å². The minimum atomic E-state index is -3.44. The first-order valence-corrected chi connectivity index (χ1v) is 7.18. The number of hydrogen-bond donors (Lipinski definition) is 2. The van der Waals surface area contributed by atoms with Crippen LogP contribution in [-0.4, -0.2) is 33.1 Å². The number of carbonyl (C=O) groups is 2. The van der Waals surface area contributed by atoms with Crippen LogP contribution >= 0.6 is 0 Å². The summed E-state index contributed by atoms with van der Waals surface area (Å²) in [6.45, 7) is 0.901. The van der Waals surface area contributed by atoms with Gasteiger partial charge in [-0.3, -0.25) is 9.59 Å². The van der Waals surface area contributed by atoms with E-state index in [0.29, 0.717) is 5.69 Å². The van der Waals surface area contributed by atoms with Gasteiger partial charge in [-0.05, 0) is 12.1 Å². The first-order valence-electron chi connectivity index (χ1n) is 5.29. The van der Waals surface area contributed by atoms with Crippen LogP contribution in [0.5, 0.6) is 5.75 Å². The van der Waals surface area contributed by atoms with E-state index in [4.69, 9.17) is 4.74 Å². The lowest BCUT2D eigenvalue weighted by Crippen LogP contribution is -2.31. The van der Waals surface area contributed by atoms with Crippen molar-refractivity contribution in [1.82, 2.24) is 4.72 Å². The number of hydrogen-bond acceptors (Lipinski definition) is 5. The van der Waals surface area contributed by atoms with Gasteiger partial charge in [0.2, 0.25) is 15.9 Å². The van der Waals surface area contributed by atoms with E-state index in [1.165, 1.54) is 19.1 Å². The second-order valence-corrected chi connectivity index (χ2v) is 5.61. The van der Waals surface area contributed by atoms with Crippen LogP contribution in [0, 0.1) is 0 Å². The molecule has 0 radical (unpaired) electrons. The highest BCUT2D eigenvalue weighted by molar-refractivity contribution is 7.88. The molecule has 2 N–H and O–H groups in total. The Labute approximate surface area is 111 Å². The molecule has 0 aromatic heterocycles. The molecule has 1 amide bonds. The Kier molecular flexibility index (Phi) is 5.02. The van der Waals surface area contributed by atoms with Gasteiger partial charge in [-0.15, -0.1) is 0 Å². The van der Waals surface area contributed by atoms with Crippen molar-refractivity contribution in [2.24, 2.45) is 0 Å². The van der Waals surface area contributed by atoms with Gasteiger partial charge in [-0.2, -0.15) is 0 Å². The third-order valence-electron chi connectivity index (χ3n) is 1.86. The Hall–Kier alpha value is -1.93. The summed E-state index contributed by atoms with van der Waals surface area (Å²) in [5.41, 5.74) is 0.480. The molecule has 1 aromatic carbocycles. The maximum absolute atomic E-state index is 11.4. The lowest BCUT2D eigenvalue weighted by molar-refractivity contribution is -0.133. The minimum absolute atomic E-state index is 0.214. The topological polar surface area (TPSA) is 102 Å². The van der Waals surface area contributed by atoms with Gasteiger partial charge in [-0.1, -0.05) is 6.07 Å². The molecule has 7 nitrogen and oxygen atoms in total. The summed E-state index contributed by atoms with van der Waals surface area (Å²) in [5.74, 6) is -0.779. The summed E-state index contributed by atoms with van der Waals surface area (Å²) in [7, 11) is -3.44. The zero-order valence-corrected chi connectivity index (χ0v) is 11.3. The number of carbonyl (C=O) groups excluding carboxylic acids is 2. The summed E-state index contributed by atoms with van der Waals surface area (Å²) >= 11 is 0. The van der Waals surface area contributed by atoms with Crippen molar-refractivity contribution in [2.75, 3.05) is 18.1 Å². The molecule has 104 valence electrons. The largest absolute Gasteiger partial charge is 0.425 e. The zero-order chi connectivity index (χ0) is 14.5. The van der Waals surface area contributed by atoms with Gasteiger partial charge in [0.1, 0.15) is 12.3 Å². The number of amides is 1. The quantitative estimate of drug-likeness (QED) is 0.590. The number of sulfonamides is 1. The molecule has 0 bridgehead atoms. The number of rotatable bonds is 5. The van der Waals surface area contributed by atoms with Crippen LogP contribution in [0.15, 0.2) is 24.3 Å². The van der Waals surface area contributed by atoms with Gasteiger partial charge >= 0.3 is 5.97 Å². The highest BCUT2D eigenvalue weighted by Gasteiger charge is 2.09. The Morgan fingerprint density at radius 1 is 1.32 bits per heavy atom. The van der Waals surface area contributed by atoms with Crippen LogP contribution in [0.4, 0.5) is 5.69 Å². The molecule has 1 rings (SSSR count). The average Bonchev–Trinajstić information content (AvgIpc) is 2.25. The molecular weight excluding hydrogens is 272 g/mol. The molecule has 1 aromatic rings. The fourth-order valence-corrected chi connectivity index (χ4v) is 1.58. The lowest BCUT2D eigenvalue weighted by atomic mass is 10.3. The molecule has 0 saturated carbocycles. The van der Waals surface area contributed by atoms with Crippen molar-refractivity contribution in [3.63, 3.8) is 0 Å². The molecule has 0 atom stereocenters. The summed E-state index contributed by atoms with van der Waals surface area (Å²) in [6.07, 6.45) is 0.942. The molecule has 0 heterocycles. The second kappa shape index (κ2) is 6.30. The highest BCUT2D eigenvalue weighted by Crippen LogP contribution is 2.17. The van der Waals surface area contributed by atoms with Crippen molar-refractivity contribution in [2.45, 2.75) is 6.92 Å². The van der Waals surface area contributed by atoms with Crippen molar-refractivity contribution >= 4 is 27.6 Å². The van der Waals surface area contributed by atoms with E-state index in [-0.39, 0.29) is 11.7 Å². The zero-order valence-electron chi connectivity index (χ0n) is 10.5. The summed E-state index contributed by atoms with van der Waals surface area (Å²) in [6, 6.07) is 6.20. The molecule has 0 aliphatic rings. The maximum atomic E-state index is 11.4. The van der Waals surface area contributed by atoms with Crippen molar-refractivity contribution in [3.8, 4) is 5.75 Å². The van der Waals surface area contributed by atoms with Crippen LogP contribution in [0.3, 0.4) is 0 Å². The summed E-state index contributed by atoms with van der Waals surface area (Å²) in [4.78, 5) is 22.2. The second-order valence-electron chi connectivity index (χ2n) is 3.78. The Bertz CT molecular complexity index is 583. The summed E-state index contributed by atoms with van der Waals surface area (Å²) < 4.78 is 28.5. The predicted octanol–water partition coefficient (Wildman–Crippen LogP) is 0.0996. The van der Waals surface area contributed by atoms with E-state index >= 15 is 0 Å². The fourth-order valence-electron chi connectivity index (χ4n) is 1.20. The van der Waals surface area contributed by atoms with E-state index in [1.807, 2.05) is 4.72 Å². The van der Waals surface area contributed by atoms with E-state index in [9.17, 15) is 18.0 Å². The van der Waals surface area contributed by atoms with Gasteiger partial charge in [0, 0.05) is 18.7 Å². The predicted molar refractivity (Wildman–Crippen MR) is 69.2 cm³/mol. The monoisotopic (exact) mass is 286 g/mol. The Balaban J connectivity index is 2.61. The molecule has 0 saturated heterocycles. The van der Waals surface area contributed by atoms with Crippen LogP contribution in [-0.2, 0) is 19.6 Å². The van der Waals surface area contributed by atoms with Crippen molar-refractivity contribution in [1.29, 1.82) is 0 Å². The van der Waals surface area contributed by atoms with Gasteiger partial charge in [0.25, 0.3) is 0 Å². The van der Waals surface area contributed by atoms with Gasteiger partial charge in [-0.25, -0.2) is 13.1 Å². The van der Waals surface area contributed by atoms with Gasteiger partial charge in [0.15, 0.2) is 0 Å². The lowest BCUT2D eigenvalue weighted by Gasteiger charge is -2.07. The van der Waals surface area contributed by atoms with Gasteiger partial charge in [0.05, 0.1) is 6.26 Å². The average molecular weight is 286 g/mol. The molecule has 19 heavy (non-hydrogen) atoms. The first-order chi connectivity index (χ1) is 8.76. The fraction of sp³-hybridized carbons (Fsp3) is 0.273. The SMILES string of the molecule is CC(=O)Nc1cccc(OC(=O)CNS(C)(=O)=O)c1. The molecular formula is C11H14N2O5S. The molecule has 0 spiro atoms. The van der Waals surface area contributed by atoms with Crippen molar-refractivity contribution in [3.05, 3.63) is 24.3 Å². The van der Waals surface area contributed by atoms with Crippen LogP contribution in [0.25, 0.3) is 0 Å². The smallest absolute Gasteiger partial charge is 0.326 e. The third-order valence-corrected chi connectivity index (χ3v) is 2.53. The number of esters is 1. The van der Waals surface area contributed by atoms with Crippen LogP contribution < -0.4 is 14.8 Å². The van der Waals surface area contributed by atoms with E-state index in [0.717, 1.165) is 6.26 Å². The molecule has 0 fully saturated rings. The number of ether oxygens (including phenoxy) is 1. The summed E-state index contributed by atoms with van der Waals surface area (Å²) in [5, 5.41) is 2.53. The Morgan fingerprint density at radius 2 is 2.00 bits per heavy atom. The van der Waals surface area contributed by atoms with E-state index in [2.05, 4.69) is 5.32 Å². The van der Waals surface area contributed by atoms with Crippen LogP contribution in [0.1, 0.15) is 6.92 Å². The highest BCUT2D eigenvalue weighted by atomic mass is 32.2. The normalized spacial score (nSPS) is 10.8. The maximum Gasteiger partial charge on any atom is 0.326 e. The molecule has 8 heteroatoms. The standard InChI is InChI=1S/C11H14N2O5S/c1-8(14)13-9-4-3-5-10(6-9)18-11(15)7-12-19(2,16)17/h3-6,12H,7H2,1-2H3,(H,13,14). The molecule has 0 unspecified atom stereocenters. The number of benzene rings is 1. The number of anilines is 1. The molecule has 0 aliphatic carbocycles. The van der Waals surface area contributed by atoms with Gasteiger partial charge < -0.3 is 10.1 Å². The number of nitrogens with one attached hydrogen (secondary N) is 2. The Morgan fingerprint density at radius 3 is 2.58 bits per heavy atom.